The summed E-state index contributed by atoms with van der Waals surface area (Å²) < 4.78 is 1.83. The number of benzene rings is 2. The number of anilines is 1. The zero-order valence-electron chi connectivity index (χ0n) is 14.7. The van der Waals surface area contributed by atoms with E-state index in [4.69, 9.17) is 0 Å². The average molecular weight is 355 g/mol. The third-order valence-corrected chi connectivity index (χ3v) is 4.14. The second-order valence-corrected chi connectivity index (χ2v) is 6.07. The normalized spacial score (nSPS) is 10.6. The summed E-state index contributed by atoms with van der Waals surface area (Å²) in [4.78, 5) is 17.1. The molecule has 0 fully saturated rings. The first-order valence-corrected chi connectivity index (χ1v) is 8.49. The Bertz CT molecular complexity index is 1090. The monoisotopic (exact) mass is 355 g/mol. The largest absolute Gasteiger partial charge is 0.321 e. The van der Waals surface area contributed by atoms with Gasteiger partial charge in [-0.05, 0) is 24.3 Å². The Kier molecular flexibility index (Phi) is 4.45. The van der Waals surface area contributed by atoms with Gasteiger partial charge in [-0.2, -0.15) is 0 Å². The van der Waals surface area contributed by atoms with E-state index in [9.17, 15) is 4.79 Å². The van der Waals surface area contributed by atoms with Crippen molar-refractivity contribution >= 4 is 11.6 Å². The van der Waals surface area contributed by atoms with Gasteiger partial charge in [-0.15, -0.1) is 10.2 Å². The van der Waals surface area contributed by atoms with Crippen LogP contribution in [-0.2, 0) is 7.05 Å². The van der Waals surface area contributed by atoms with E-state index in [0.717, 1.165) is 22.6 Å². The van der Waals surface area contributed by atoms with Crippen molar-refractivity contribution in [1.29, 1.82) is 0 Å². The fourth-order valence-corrected chi connectivity index (χ4v) is 2.81. The first kappa shape index (κ1) is 16.7. The van der Waals surface area contributed by atoms with Crippen LogP contribution in [0.1, 0.15) is 10.5 Å². The number of nitrogens with zero attached hydrogens (tertiary/aromatic N) is 4. The van der Waals surface area contributed by atoms with Crippen molar-refractivity contribution in [3.63, 3.8) is 0 Å². The van der Waals surface area contributed by atoms with E-state index in [0.29, 0.717) is 11.4 Å². The Morgan fingerprint density at radius 3 is 2.48 bits per heavy atom. The number of amides is 1. The highest BCUT2D eigenvalue weighted by Crippen LogP contribution is 2.21. The molecule has 0 saturated carbocycles. The molecule has 6 nitrogen and oxygen atoms in total. The number of nitrogens with one attached hydrogen (secondary N) is 1. The lowest BCUT2D eigenvalue weighted by Gasteiger charge is -2.08. The molecule has 0 radical (unpaired) electrons. The third kappa shape index (κ3) is 3.59. The standard InChI is InChI=1S/C21H17N5O/c1-26-14-22-25-20(26)16-9-5-10-17(13-16)23-21(27)19-12-6-11-18(24-19)15-7-3-2-4-8-15/h2-14H,1H3,(H,23,27). The SMILES string of the molecule is Cn1cnnc1-c1cccc(NC(=O)c2cccc(-c3ccccc3)n2)c1. The van der Waals surface area contributed by atoms with Crippen LogP contribution in [0.25, 0.3) is 22.6 Å². The number of pyridine rings is 1. The Labute approximate surface area is 156 Å². The molecule has 2 heterocycles. The summed E-state index contributed by atoms with van der Waals surface area (Å²) in [5.41, 5.74) is 3.64. The van der Waals surface area contributed by atoms with Crippen LogP contribution in [0.4, 0.5) is 5.69 Å². The summed E-state index contributed by atoms with van der Waals surface area (Å²) in [5, 5.41) is 10.9. The maximum atomic E-state index is 12.7. The summed E-state index contributed by atoms with van der Waals surface area (Å²) in [6.45, 7) is 0. The number of carbonyl (C=O) groups is 1. The molecule has 4 rings (SSSR count). The van der Waals surface area contributed by atoms with Crippen LogP contribution in [0.15, 0.2) is 79.1 Å². The molecule has 0 bridgehead atoms. The third-order valence-electron chi connectivity index (χ3n) is 4.14. The van der Waals surface area contributed by atoms with Crippen molar-refractivity contribution < 1.29 is 4.79 Å². The number of rotatable bonds is 4. The number of hydrogen-bond donors (Lipinski definition) is 1. The maximum Gasteiger partial charge on any atom is 0.274 e. The van der Waals surface area contributed by atoms with E-state index < -0.39 is 0 Å². The van der Waals surface area contributed by atoms with Gasteiger partial charge in [0, 0.05) is 23.9 Å². The molecule has 2 aromatic heterocycles. The smallest absolute Gasteiger partial charge is 0.274 e. The minimum atomic E-state index is -0.261. The Balaban J connectivity index is 1.57. The first-order chi connectivity index (χ1) is 13.2. The van der Waals surface area contributed by atoms with Gasteiger partial charge in [0.15, 0.2) is 5.82 Å². The summed E-state index contributed by atoms with van der Waals surface area (Å²) in [6, 6.07) is 22.7. The van der Waals surface area contributed by atoms with Gasteiger partial charge >= 0.3 is 0 Å². The fraction of sp³-hybridized carbons (Fsp3) is 0.0476. The van der Waals surface area contributed by atoms with Crippen LogP contribution in [0.5, 0.6) is 0 Å². The maximum absolute atomic E-state index is 12.7. The van der Waals surface area contributed by atoms with Crippen molar-refractivity contribution in [1.82, 2.24) is 19.7 Å². The second-order valence-electron chi connectivity index (χ2n) is 6.07. The van der Waals surface area contributed by atoms with E-state index >= 15 is 0 Å². The molecule has 0 aliphatic heterocycles. The van der Waals surface area contributed by atoms with Crippen molar-refractivity contribution in [2.75, 3.05) is 5.32 Å². The minimum Gasteiger partial charge on any atom is -0.321 e. The van der Waals surface area contributed by atoms with E-state index in [1.54, 1.807) is 12.4 Å². The predicted octanol–water partition coefficient (Wildman–Crippen LogP) is 3.80. The molecule has 27 heavy (non-hydrogen) atoms. The number of carbonyl (C=O) groups excluding carboxylic acids is 1. The summed E-state index contributed by atoms with van der Waals surface area (Å²) >= 11 is 0. The summed E-state index contributed by atoms with van der Waals surface area (Å²) in [7, 11) is 1.87. The van der Waals surface area contributed by atoms with Crippen molar-refractivity contribution in [2.24, 2.45) is 7.05 Å². The highest BCUT2D eigenvalue weighted by Gasteiger charge is 2.11. The van der Waals surface area contributed by atoms with Crippen LogP contribution in [0.2, 0.25) is 0 Å². The van der Waals surface area contributed by atoms with Gasteiger partial charge in [-0.3, -0.25) is 4.79 Å². The minimum absolute atomic E-state index is 0.261. The lowest BCUT2D eigenvalue weighted by atomic mass is 10.1. The van der Waals surface area contributed by atoms with Crippen molar-refractivity contribution in [2.45, 2.75) is 0 Å². The first-order valence-electron chi connectivity index (χ1n) is 8.49. The summed E-state index contributed by atoms with van der Waals surface area (Å²) in [5.74, 6) is 0.471. The molecular formula is C21H17N5O. The Morgan fingerprint density at radius 2 is 1.70 bits per heavy atom. The zero-order chi connectivity index (χ0) is 18.6. The molecule has 132 valence electrons. The molecule has 1 amide bonds. The van der Waals surface area contributed by atoms with E-state index in [-0.39, 0.29) is 5.91 Å². The lowest BCUT2D eigenvalue weighted by Crippen LogP contribution is -2.14. The molecule has 0 aliphatic carbocycles. The van der Waals surface area contributed by atoms with Crippen LogP contribution < -0.4 is 5.32 Å². The van der Waals surface area contributed by atoms with Gasteiger partial charge in [0.05, 0.1) is 5.69 Å². The summed E-state index contributed by atoms with van der Waals surface area (Å²) in [6.07, 6.45) is 1.64. The average Bonchev–Trinajstić information content (AvgIpc) is 3.15. The van der Waals surface area contributed by atoms with E-state index in [1.807, 2.05) is 78.3 Å². The molecule has 2 aromatic carbocycles. The van der Waals surface area contributed by atoms with Gasteiger partial charge in [-0.1, -0.05) is 48.5 Å². The van der Waals surface area contributed by atoms with Gasteiger partial charge in [-0.25, -0.2) is 4.98 Å². The molecule has 0 saturated heterocycles. The lowest BCUT2D eigenvalue weighted by molar-refractivity contribution is 0.102. The Morgan fingerprint density at radius 1 is 0.926 bits per heavy atom. The quantitative estimate of drug-likeness (QED) is 0.604. The molecular weight excluding hydrogens is 338 g/mol. The van der Waals surface area contributed by atoms with Crippen LogP contribution in [0, 0.1) is 0 Å². The zero-order valence-corrected chi connectivity index (χ0v) is 14.7. The Hall–Kier alpha value is -3.80. The highest BCUT2D eigenvalue weighted by molar-refractivity contribution is 6.03. The molecule has 0 aliphatic rings. The number of aryl methyl sites for hydroxylation is 1. The fourth-order valence-electron chi connectivity index (χ4n) is 2.81. The predicted molar refractivity (Wildman–Crippen MR) is 104 cm³/mol. The van der Waals surface area contributed by atoms with Crippen LogP contribution >= 0.6 is 0 Å². The van der Waals surface area contributed by atoms with Crippen LogP contribution in [-0.4, -0.2) is 25.7 Å². The van der Waals surface area contributed by atoms with Crippen LogP contribution in [0.3, 0.4) is 0 Å². The highest BCUT2D eigenvalue weighted by atomic mass is 16.1. The molecule has 0 unspecified atom stereocenters. The second kappa shape index (κ2) is 7.21. The number of aromatic nitrogens is 4. The molecule has 4 aromatic rings. The molecule has 0 spiro atoms. The van der Waals surface area contributed by atoms with Crippen molar-refractivity contribution in [3.8, 4) is 22.6 Å². The molecule has 0 atom stereocenters. The van der Waals surface area contributed by atoms with E-state index in [2.05, 4.69) is 20.5 Å². The van der Waals surface area contributed by atoms with E-state index in [1.165, 1.54) is 0 Å². The number of hydrogen-bond acceptors (Lipinski definition) is 4. The van der Waals surface area contributed by atoms with Gasteiger partial charge in [0.2, 0.25) is 0 Å². The molecule has 6 heteroatoms. The van der Waals surface area contributed by atoms with Gasteiger partial charge in [0.1, 0.15) is 12.0 Å². The topological polar surface area (TPSA) is 72.7 Å². The van der Waals surface area contributed by atoms with Gasteiger partial charge < -0.3 is 9.88 Å². The molecule has 1 N–H and O–H groups in total. The van der Waals surface area contributed by atoms with Gasteiger partial charge in [0.25, 0.3) is 5.91 Å². The van der Waals surface area contributed by atoms with Crippen molar-refractivity contribution in [3.05, 3.63) is 84.8 Å².